The van der Waals surface area contributed by atoms with E-state index >= 15 is 0 Å². The summed E-state index contributed by atoms with van der Waals surface area (Å²) in [6, 6.07) is -0.732. The first-order valence-electron chi connectivity index (χ1n) is 37.1. The van der Waals surface area contributed by atoms with Crippen LogP contribution in [0.1, 0.15) is 328 Å². The molecule has 9 heteroatoms. The Kier molecular flexibility index (Phi) is 62.9. The molecule has 0 bridgehead atoms. The number of rotatable bonds is 64. The molecule has 0 radical (unpaired) electrons. The molecule has 0 saturated carbocycles. The Labute approximate surface area is 542 Å². The van der Waals surface area contributed by atoms with Crippen molar-refractivity contribution in [1.29, 1.82) is 0 Å². The Morgan fingerprint density at radius 1 is 0.398 bits per heavy atom. The fourth-order valence-corrected chi connectivity index (χ4v) is 11.4. The van der Waals surface area contributed by atoms with Crippen LogP contribution in [0.5, 0.6) is 0 Å². The minimum Gasteiger partial charge on any atom is -0.394 e. The van der Waals surface area contributed by atoms with Crippen molar-refractivity contribution in [2.75, 3.05) is 13.2 Å². The molecule has 7 unspecified atom stereocenters. The standard InChI is InChI=1S/C79H139NO8/c1-3-5-7-9-11-13-15-17-19-21-23-25-27-29-31-33-34-35-36-37-38-39-40-41-43-45-47-49-51-53-55-57-59-61-63-65-67-69-75(83)80-72(71-87-79-78(86)77(85)76(84)74(70-81)88-79)73(82)68-66-64-62-60-58-56-54-52-50-48-46-44-42-32-30-28-26-24-22-20-18-16-14-12-10-8-6-4-2/h5,7,11,13,17,19,23,25,29,31,34-35,37-38,40-41,45,47,72-74,76-79,81-82,84-86H,3-4,6,8-10,12,14-16,18,20-22,24,26-28,30,32-33,36,39,42-44,46,48-71H2,1-2H3,(H,80,83)/b7-5-,13-11-,19-17-,25-23-,31-29-,35-34-,38-37-,41-40-,47-45-. The lowest BCUT2D eigenvalue weighted by molar-refractivity contribution is -0.302. The normalized spacial score (nSPS) is 18.6. The molecule has 7 atom stereocenters. The van der Waals surface area contributed by atoms with Crippen molar-refractivity contribution in [3.63, 3.8) is 0 Å². The second-order valence-corrected chi connectivity index (χ2v) is 25.4. The number of carbonyl (C=O) groups excluding carboxylic acids is 1. The molecule has 1 heterocycles. The minimum absolute atomic E-state index is 0.144. The molecule has 9 nitrogen and oxygen atoms in total. The van der Waals surface area contributed by atoms with Crippen molar-refractivity contribution in [2.24, 2.45) is 0 Å². The van der Waals surface area contributed by atoms with Gasteiger partial charge in [0.25, 0.3) is 0 Å². The molecule has 1 aliphatic heterocycles. The molecule has 6 N–H and O–H groups in total. The van der Waals surface area contributed by atoms with E-state index in [1.807, 2.05) is 0 Å². The first-order valence-corrected chi connectivity index (χ1v) is 37.1. The topological polar surface area (TPSA) is 149 Å². The summed E-state index contributed by atoms with van der Waals surface area (Å²) in [5.74, 6) is -0.150. The highest BCUT2D eigenvalue weighted by Crippen LogP contribution is 2.24. The second-order valence-electron chi connectivity index (χ2n) is 25.4. The zero-order chi connectivity index (χ0) is 63.5. The van der Waals surface area contributed by atoms with Gasteiger partial charge < -0.3 is 40.3 Å². The van der Waals surface area contributed by atoms with Gasteiger partial charge in [-0.05, 0) is 83.5 Å². The SMILES string of the molecule is CC/C=C\C/C=C\C/C=C\C/C=C\C/C=C\C/C=C\C/C=C\C/C=C\C/C=C\CCCCCCCCCCCC(=O)NC(COC1OC(CO)C(O)C(O)C1O)C(O)CCCCCCCCCCCCCCCCCCCCCCCCCCCCCC. The molecule has 508 valence electrons. The van der Waals surface area contributed by atoms with Crippen molar-refractivity contribution < 1.29 is 39.8 Å². The zero-order valence-corrected chi connectivity index (χ0v) is 57.0. The van der Waals surface area contributed by atoms with Crippen molar-refractivity contribution in [1.82, 2.24) is 5.32 Å². The summed E-state index contributed by atoms with van der Waals surface area (Å²) in [5, 5.41) is 55.0. The maximum Gasteiger partial charge on any atom is 0.220 e. The molecule has 1 aliphatic rings. The highest BCUT2D eigenvalue weighted by Gasteiger charge is 2.44. The van der Waals surface area contributed by atoms with Crippen molar-refractivity contribution in [3.8, 4) is 0 Å². The number of hydrogen-bond acceptors (Lipinski definition) is 8. The molecular formula is C79H139NO8. The molecule has 88 heavy (non-hydrogen) atoms. The van der Waals surface area contributed by atoms with Gasteiger partial charge in [-0.1, -0.05) is 348 Å². The number of nitrogens with one attached hydrogen (secondary N) is 1. The Hall–Kier alpha value is -3.15. The summed E-state index contributed by atoms with van der Waals surface area (Å²) in [4.78, 5) is 13.2. The van der Waals surface area contributed by atoms with Crippen LogP contribution in [0.25, 0.3) is 0 Å². The largest absolute Gasteiger partial charge is 0.394 e. The summed E-state index contributed by atoms with van der Waals surface area (Å²) in [5.41, 5.74) is 0. The Morgan fingerprint density at radius 2 is 0.705 bits per heavy atom. The van der Waals surface area contributed by atoms with Gasteiger partial charge in [0.2, 0.25) is 5.91 Å². The average molecular weight is 1230 g/mol. The zero-order valence-electron chi connectivity index (χ0n) is 57.0. The second kappa shape index (κ2) is 66.8. The van der Waals surface area contributed by atoms with Crippen LogP contribution in [0.15, 0.2) is 109 Å². The van der Waals surface area contributed by atoms with Crippen LogP contribution in [0, 0.1) is 0 Å². The third-order valence-electron chi connectivity index (χ3n) is 17.1. The molecule has 0 aromatic rings. The summed E-state index contributed by atoms with van der Waals surface area (Å²) < 4.78 is 11.4. The number of carbonyl (C=O) groups is 1. The molecular weight excluding hydrogens is 1090 g/mol. The van der Waals surface area contributed by atoms with Gasteiger partial charge in [-0.3, -0.25) is 4.79 Å². The van der Waals surface area contributed by atoms with E-state index in [0.29, 0.717) is 12.8 Å². The van der Waals surface area contributed by atoms with Crippen LogP contribution in [0.3, 0.4) is 0 Å². The maximum atomic E-state index is 13.2. The van der Waals surface area contributed by atoms with Crippen LogP contribution in [0.4, 0.5) is 0 Å². The smallest absolute Gasteiger partial charge is 0.220 e. The van der Waals surface area contributed by atoms with Gasteiger partial charge in [-0.2, -0.15) is 0 Å². The van der Waals surface area contributed by atoms with Gasteiger partial charge in [0, 0.05) is 6.42 Å². The van der Waals surface area contributed by atoms with Crippen molar-refractivity contribution in [2.45, 2.75) is 371 Å². The van der Waals surface area contributed by atoms with Gasteiger partial charge in [0.15, 0.2) is 6.29 Å². The summed E-state index contributed by atoms with van der Waals surface area (Å²) in [7, 11) is 0. The molecule has 1 rings (SSSR count). The monoisotopic (exact) mass is 1230 g/mol. The number of aliphatic hydroxyl groups excluding tert-OH is 5. The van der Waals surface area contributed by atoms with Crippen LogP contribution in [0.2, 0.25) is 0 Å². The highest BCUT2D eigenvalue weighted by molar-refractivity contribution is 5.76. The van der Waals surface area contributed by atoms with E-state index in [1.165, 1.54) is 199 Å². The molecule has 0 aromatic heterocycles. The van der Waals surface area contributed by atoms with E-state index < -0.39 is 49.5 Å². The Bertz CT molecular complexity index is 1760. The quantitative estimate of drug-likeness (QED) is 0.0261. The van der Waals surface area contributed by atoms with Crippen molar-refractivity contribution >= 4 is 5.91 Å². The van der Waals surface area contributed by atoms with Crippen LogP contribution in [-0.2, 0) is 14.3 Å². The third-order valence-corrected chi connectivity index (χ3v) is 17.1. The Balaban J connectivity index is 2.13. The van der Waals surface area contributed by atoms with E-state index in [1.54, 1.807) is 0 Å². The van der Waals surface area contributed by atoms with Gasteiger partial charge in [-0.15, -0.1) is 0 Å². The lowest BCUT2D eigenvalue weighted by atomic mass is 9.99. The maximum absolute atomic E-state index is 13.2. The van der Waals surface area contributed by atoms with Crippen LogP contribution >= 0.6 is 0 Å². The van der Waals surface area contributed by atoms with E-state index in [0.717, 1.165) is 103 Å². The molecule has 1 fully saturated rings. The van der Waals surface area contributed by atoms with Crippen molar-refractivity contribution in [3.05, 3.63) is 109 Å². The van der Waals surface area contributed by atoms with Crippen LogP contribution < -0.4 is 5.32 Å². The summed E-state index contributed by atoms with van der Waals surface area (Å²) in [6.07, 6.45) is 91.6. The van der Waals surface area contributed by atoms with Crippen LogP contribution in [-0.4, -0.2) is 87.5 Å². The van der Waals surface area contributed by atoms with E-state index in [-0.39, 0.29) is 12.5 Å². The van der Waals surface area contributed by atoms with E-state index in [4.69, 9.17) is 9.47 Å². The first kappa shape index (κ1) is 82.9. The van der Waals surface area contributed by atoms with E-state index in [2.05, 4.69) is 129 Å². The van der Waals surface area contributed by atoms with Gasteiger partial charge in [0.05, 0.1) is 25.4 Å². The van der Waals surface area contributed by atoms with Gasteiger partial charge in [0.1, 0.15) is 24.4 Å². The molecule has 1 saturated heterocycles. The minimum atomic E-state index is -1.56. The molecule has 0 spiro atoms. The van der Waals surface area contributed by atoms with Gasteiger partial charge in [-0.25, -0.2) is 0 Å². The number of unbranched alkanes of at least 4 members (excludes halogenated alkanes) is 36. The van der Waals surface area contributed by atoms with Gasteiger partial charge >= 0.3 is 0 Å². The first-order chi connectivity index (χ1) is 43.3. The number of hydrogen-bond donors (Lipinski definition) is 6. The predicted molar refractivity (Wildman–Crippen MR) is 377 cm³/mol. The summed E-state index contributed by atoms with van der Waals surface area (Å²) in [6.45, 7) is 3.75. The molecule has 1 amide bonds. The average Bonchev–Trinajstić information content (AvgIpc) is 3.29. The lowest BCUT2D eigenvalue weighted by Gasteiger charge is -2.40. The highest BCUT2D eigenvalue weighted by atomic mass is 16.7. The Morgan fingerprint density at radius 3 is 1.05 bits per heavy atom. The lowest BCUT2D eigenvalue weighted by Crippen LogP contribution is -2.60. The summed E-state index contributed by atoms with van der Waals surface area (Å²) >= 11 is 0. The third kappa shape index (κ3) is 54.6. The predicted octanol–water partition coefficient (Wildman–Crippen LogP) is 20.8. The number of allylic oxidation sites excluding steroid dienone is 18. The molecule has 0 aliphatic carbocycles. The fourth-order valence-electron chi connectivity index (χ4n) is 11.4. The number of ether oxygens (including phenoxy) is 2. The van der Waals surface area contributed by atoms with E-state index in [9.17, 15) is 30.3 Å². The fraction of sp³-hybridized carbons (Fsp3) is 0.759. The number of aliphatic hydroxyl groups is 5. The number of amides is 1. The molecule has 0 aromatic carbocycles.